The third-order valence-corrected chi connectivity index (χ3v) is 1.88. The van der Waals surface area contributed by atoms with Crippen molar-refractivity contribution in [2.24, 2.45) is 5.41 Å². The highest BCUT2D eigenvalue weighted by atomic mass is 15.1. The Bertz CT molecular complexity index is 206. The van der Waals surface area contributed by atoms with Crippen molar-refractivity contribution in [1.82, 2.24) is 9.55 Å². The average molecular weight is 151 g/mol. The molecule has 0 bridgehead atoms. The molecular formula is C9H15N2. The summed E-state index contributed by atoms with van der Waals surface area (Å²) in [6.07, 6.45) is 5.54. The first-order valence-electron chi connectivity index (χ1n) is 3.82. The lowest BCUT2D eigenvalue weighted by atomic mass is 9.88. The summed E-state index contributed by atoms with van der Waals surface area (Å²) in [6.45, 7) is 10.6. The van der Waals surface area contributed by atoms with Crippen LogP contribution in [0, 0.1) is 12.3 Å². The lowest BCUT2D eigenvalue weighted by Crippen LogP contribution is -2.20. The van der Waals surface area contributed by atoms with Gasteiger partial charge < -0.3 is 4.57 Å². The molecule has 0 aromatic carbocycles. The van der Waals surface area contributed by atoms with Crippen LogP contribution in [0.5, 0.6) is 0 Å². The Hall–Kier alpha value is -0.790. The van der Waals surface area contributed by atoms with Gasteiger partial charge in [-0.1, -0.05) is 20.8 Å². The van der Waals surface area contributed by atoms with Crippen LogP contribution >= 0.6 is 0 Å². The first-order chi connectivity index (χ1) is 5.02. The molecule has 0 aliphatic carbocycles. The third kappa shape index (κ3) is 1.82. The second-order valence-electron chi connectivity index (χ2n) is 3.89. The third-order valence-electron chi connectivity index (χ3n) is 1.88. The van der Waals surface area contributed by atoms with E-state index in [9.17, 15) is 0 Å². The van der Waals surface area contributed by atoms with Gasteiger partial charge in [-0.05, 0) is 12.3 Å². The normalized spacial score (nSPS) is 14.9. The van der Waals surface area contributed by atoms with Gasteiger partial charge in [-0.3, -0.25) is 0 Å². The van der Waals surface area contributed by atoms with E-state index in [1.165, 1.54) is 0 Å². The number of rotatable bonds is 1. The predicted molar refractivity (Wildman–Crippen MR) is 46.1 cm³/mol. The zero-order chi connectivity index (χ0) is 8.48. The summed E-state index contributed by atoms with van der Waals surface area (Å²) in [4.78, 5) is 3.98. The van der Waals surface area contributed by atoms with Gasteiger partial charge in [-0.15, -0.1) is 0 Å². The largest absolute Gasteiger partial charge is 0.334 e. The Morgan fingerprint density at radius 3 is 2.45 bits per heavy atom. The van der Waals surface area contributed by atoms with Crippen LogP contribution in [0.1, 0.15) is 26.8 Å². The molecule has 61 valence electrons. The maximum Gasteiger partial charge on any atom is 0.0948 e. The summed E-state index contributed by atoms with van der Waals surface area (Å²) in [7, 11) is 0. The van der Waals surface area contributed by atoms with E-state index >= 15 is 0 Å². The first kappa shape index (κ1) is 8.31. The molecule has 1 rings (SSSR count). The Kier molecular flexibility index (Phi) is 2.03. The summed E-state index contributed by atoms with van der Waals surface area (Å²) in [5.74, 6) is 0. The van der Waals surface area contributed by atoms with Crippen LogP contribution in [0.3, 0.4) is 0 Å². The molecule has 1 radical (unpaired) electrons. The monoisotopic (exact) mass is 151 g/mol. The van der Waals surface area contributed by atoms with Crippen molar-refractivity contribution in [3.05, 3.63) is 25.6 Å². The Morgan fingerprint density at radius 2 is 2.09 bits per heavy atom. The van der Waals surface area contributed by atoms with Gasteiger partial charge in [0.15, 0.2) is 0 Å². The van der Waals surface area contributed by atoms with E-state index in [1.807, 2.05) is 17.1 Å². The second-order valence-corrected chi connectivity index (χ2v) is 3.89. The molecule has 1 aromatic heterocycles. The van der Waals surface area contributed by atoms with Crippen molar-refractivity contribution in [2.75, 3.05) is 0 Å². The molecule has 1 unspecified atom stereocenters. The molecule has 0 spiro atoms. The van der Waals surface area contributed by atoms with Gasteiger partial charge in [-0.25, -0.2) is 4.98 Å². The molecule has 0 fully saturated rings. The summed E-state index contributed by atoms with van der Waals surface area (Å²) in [5.41, 5.74) is 0.195. The second kappa shape index (κ2) is 2.68. The Morgan fingerprint density at radius 1 is 1.45 bits per heavy atom. The fourth-order valence-corrected chi connectivity index (χ4v) is 0.901. The van der Waals surface area contributed by atoms with Crippen molar-refractivity contribution in [1.29, 1.82) is 0 Å². The van der Waals surface area contributed by atoms with Gasteiger partial charge in [-0.2, -0.15) is 0 Å². The van der Waals surface area contributed by atoms with E-state index in [0.29, 0.717) is 0 Å². The molecule has 1 heterocycles. The summed E-state index contributed by atoms with van der Waals surface area (Å²) in [6, 6.07) is 0.255. The van der Waals surface area contributed by atoms with Gasteiger partial charge in [0.1, 0.15) is 0 Å². The highest BCUT2D eigenvalue weighted by Crippen LogP contribution is 2.28. The summed E-state index contributed by atoms with van der Waals surface area (Å²) >= 11 is 0. The van der Waals surface area contributed by atoms with E-state index in [1.54, 1.807) is 6.20 Å². The first-order valence-corrected chi connectivity index (χ1v) is 3.82. The minimum Gasteiger partial charge on any atom is -0.334 e. The molecule has 0 amide bonds. The zero-order valence-electron chi connectivity index (χ0n) is 7.41. The van der Waals surface area contributed by atoms with Gasteiger partial charge in [0, 0.05) is 18.4 Å². The standard InChI is InChI=1S/C9H15N2/c1-8(9(2,3)4)11-6-5-10-7-11/h5-8H,1H2,2-4H3. The van der Waals surface area contributed by atoms with Crippen molar-refractivity contribution in [3.8, 4) is 0 Å². The smallest absolute Gasteiger partial charge is 0.0948 e. The number of hydrogen-bond donors (Lipinski definition) is 0. The SMILES string of the molecule is [CH2]C(n1ccnc1)C(C)(C)C. The molecule has 0 N–H and O–H groups in total. The van der Waals surface area contributed by atoms with Crippen LogP contribution in [-0.2, 0) is 0 Å². The molecule has 2 nitrogen and oxygen atoms in total. The summed E-state index contributed by atoms with van der Waals surface area (Å²) < 4.78 is 2.03. The molecule has 0 aliphatic rings. The van der Waals surface area contributed by atoms with E-state index < -0.39 is 0 Å². The van der Waals surface area contributed by atoms with Crippen molar-refractivity contribution in [3.63, 3.8) is 0 Å². The van der Waals surface area contributed by atoms with E-state index in [-0.39, 0.29) is 11.5 Å². The van der Waals surface area contributed by atoms with Gasteiger partial charge in [0.25, 0.3) is 0 Å². The zero-order valence-corrected chi connectivity index (χ0v) is 7.41. The Balaban J connectivity index is 2.78. The number of aromatic nitrogens is 2. The van der Waals surface area contributed by atoms with Crippen LogP contribution in [-0.4, -0.2) is 9.55 Å². The molecule has 0 saturated heterocycles. The van der Waals surface area contributed by atoms with Crippen LogP contribution in [0.2, 0.25) is 0 Å². The van der Waals surface area contributed by atoms with Gasteiger partial charge in [0.05, 0.1) is 6.33 Å². The quantitative estimate of drug-likeness (QED) is 0.602. The fraction of sp³-hybridized carbons (Fsp3) is 0.556. The highest BCUT2D eigenvalue weighted by molar-refractivity contribution is 4.87. The maximum atomic E-state index is 4.07. The van der Waals surface area contributed by atoms with Crippen LogP contribution < -0.4 is 0 Å². The Labute approximate surface area is 68.3 Å². The van der Waals surface area contributed by atoms with Gasteiger partial charge >= 0.3 is 0 Å². The van der Waals surface area contributed by atoms with E-state index in [4.69, 9.17) is 0 Å². The summed E-state index contributed by atoms with van der Waals surface area (Å²) in [5, 5.41) is 0. The molecular weight excluding hydrogens is 136 g/mol. The molecule has 1 atom stereocenters. The van der Waals surface area contributed by atoms with Crippen LogP contribution in [0.25, 0.3) is 0 Å². The molecule has 11 heavy (non-hydrogen) atoms. The van der Waals surface area contributed by atoms with E-state index in [2.05, 4.69) is 32.7 Å². The number of hydrogen-bond acceptors (Lipinski definition) is 1. The van der Waals surface area contributed by atoms with Crippen molar-refractivity contribution >= 4 is 0 Å². The molecule has 1 aromatic rings. The lowest BCUT2D eigenvalue weighted by Gasteiger charge is -2.27. The number of imidazole rings is 1. The molecule has 0 aliphatic heterocycles. The van der Waals surface area contributed by atoms with Crippen LogP contribution in [0.4, 0.5) is 0 Å². The fourth-order valence-electron chi connectivity index (χ4n) is 0.901. The lowest BCUT2D eigenvalue weighted by molar-refractivity contribution is 0.289. The maximum absolute atomic E-state index is 4.07. The highest BCUT2D eigenvalue weighted by Gasteiger charge is 2.20. The van der Waals surface area contributed by atoms with Gasteiger partial charge in [0.2, 0.25) is 0 Å². The van der Waals surface area contributed by atoms with E-state index in [0.717, 1.165) is 0 Å². The minimum absolute atomic E-state index is 0.195. The van der Waals surface area contributed by atoms with Crippen molar-refractivity contribution in [2.45, 2.75) is 26.8 Å². The average Bonchev–Trinajstić information content (AvgIpc) is 2.34. The minimum atomic E-state index is 0.195. The number of nitrogens with zero attached hydrogens (tertiary/aromatic N) is 2. The molecule has 0 saturated carbocycles. The van der Waals surface area contributed by atoms with Crippen molar-refractivity contribution < 1.29 is 0 Å². The van der Waals surface area contributed by atoms with Crippen LogP contribution in [0.15, 0.2) is 18.7 Å². The topological polar surface area (TPSA) is 17.8 Å². The predicted octanol–water partition coefficient (Wildman–Crippen LogP) is 2.30. The molecule has 2 heteroatoms.